The van der Waals surface area contributed by atoms with Gasteiger partial charge in [-0.2, -0.15) is 5.10 Å². The zero-order valence-corrected chi connectivity index (χ0v) is 13.0. The summed E-state index contributed by atoms with van der Waals surface area (Å²) in [5.74, 6) is 1.22. The maximum absolute atomic E-state index is 12.7. The van der Waals surface area contributed by atoms with Crippen molar-refractivity contribution in [2.45, 2.75) is 18.8 Å². The summed E-state index contributed by atoms with van der Waals surface area (Å²) in [5, 5.41) is 7.04. The zero-order chi connectivity index (χ0) is 15.5. The first-order valence-corrected chi connectivity index (χ1v) is 7.57. The number of nitrogens with one attached hydrogen (secondary N) is 1. The molecule has 2 aromatic heterocycles. The first kappa shape index (κ1) is 14.6. The molecular formula is C16H21N5O. The van der Waals surface area contributed by atoms with Crippen molar-refractivity contribution in [3.05, 3.63) is 41.9 Å². The summed E-state index contributed by atoms with van der Waals surface area (Å²) in [7, 11) is 3.84. The van der Waals surface area contributed by atoms with Gasteiger partial charge in [-0.05, 0) is 31.0 Å². The molecule has 1 atom stereocenters. The second-order valence-corrected chi connectivity index (χ2v) is 5.90. The molecule has 116 valence electrons. The molecule has 1 aliphatic heterocycles. The van der Waals surface area contributed by atoms with Crippen LogP contribution in [0.1, 0.15) is 34.8 Å². The van der Waals surface area contributed by atoms with Crippen LogP contribution in [-0.2, 0) is 0 Å². The molecule has 0 radical (unpaired) electrons. The van der Waals surface area contributed by atoms with Crippen molar-refractivity contribution in [1.82, 2.24) is 20.1 Å². The fourth-order valence-electron chi connectivity index (χ4n) is 2.89. The largest absolute Gasteiger partial charge is 0.363 e. The van der Waals surface area contributed by atoms with E-state index >= 15 is 0 Å². The first-order valence-electron chi connectivity index (χ1n) is 7.57. The Hall–Kier alpha value is -2.37. The third-order valence-electron chi connectivity index (χ3n) is 4.12. The fraction of sp³-hybridized carbons (Fsp3) is 0.438. The van der Waals surface area contributed by atoms with Crippen molar-refractivity contribution < 1.29 is 4.79 Å². The van der Waals surface area contributed by atoms with Gasteiger partial charge in [0.1, 0.15) is 5.82 Å². The Morgan fingerprint density at radius 2 is 2.23 bits per heavy atom. The summed E-state index contributed by atoms with van der Waals surface area (Å²) >= 11 is 0. The van der Waals surface area contributed by atoms with Gasteiger partial charge in [0.15, 0.2) is 0 Å². The van der Waals surface area contributed by atoms with Crippen LogP contribution in [0.25, 0.3) is 0 Å². The minimum absolute atomic E-state index is 0.0784. The van der Waals surface area contributed by atoms with E-state index in [0.29, 0.717) is 11.5 Å². The highest BCUT2D eigenvalue weighted by Gasteiger charge is 2.26. The zero-order valence-electron chi connectivity index (χ0n) is 13.0. The first-order chi connectivity index (χ1) is 10.6. The van der Waals surface area contributed by atoms with Gasteiger partial charge in [-0.25, -0.2) is 4.98 Å². The van der Waals surface area contributed by atoms with E-state index in [9.17, 15) is 4.79 Å². The van der Waals surface area contributed by atoms with E-state index in [1.807, 2.05) is 36.0 Å². The summed E-state index contributed by atoms with van der Waals surface area (Å²) < 4.78 is 0. The van der Waals surface area contributed by atoms with Gasteiger partial charge in [-0.1, -0.05) is 0 Å². The molecule has 0 aliphatic carbocycles. The number of aromatic nitrogens is 3. The Morgan fingerprint density at radius 1 is 1.36 bits per heavy atom. The van der Waals surface area contributed by atoms with Gasteiger partial charge in [0.05, 0.1) is 0 Å². The van der Waals surface area contributed by atoms with Crippen LogP contribution in [0, 0.1) is 0 Å². The lowest BCUT2D eigenvalue weighted by Gasteiger charge is -2.32. The number of piperidine rings is 1. The van der Waals surface area contributed by atoms with Crippen LogP contribution in [-0.4, -0.2) is 53.2 Å². The minimum Gasteiger partial charge on any atom is -0.363 e. The highest BCUT2D eigenvalue weighted by atomic mass is 16.2. The molecule has 1 fully saturated rings. The molecule has 0 spiro atoms. The van der Waals surface area contributed by atoms with E-state index in [4.69, 9.17) is 0 Å². The molecule has 0 unspecified atom stereocenters. The normalized spacial score (nSPS) is 18.3. The van der Waals surface area contributed by atoms with Crippen molar-refractivity contribution in [3.8, 4) is 0 Å². The van der Waals surface area contributed by atoms with Crippen molar-refractivity contribution in [3.63, 3.8) is 0 Å². The third kappa shape index (κ3) is 2.95. The molecule has 0 aromatic carbocycles. The molecule has 1 aliphatic rings. The van der Waals surface area contributed by atoms with Gasteiger partial charge >= 0.3 is 0 Å². The number of anilines is 1. The molecule has 1 amide bonds. The maximum atomic E-state index is 12.7. The number of hydrogen-bond acceptors (Lipinski definition) is 4. The van der Waals surface area contributed by atoms with Crippen LogP contribution in [0.4, 0.5) is 5.82 Å². The second-order valence-electron chi connectivity index (χ2n) is 5.90. The molecule has 6 heteroatoms. The SMILES string of the molecule is CN(C)c1cc(C(=O)N2CCC[C@@H](c3ccn[nH]3)C2)ccn1. The van der Waals surface area contributed by atoms with E-state index in [2.05, 4.69) is 15.2 Å². The lowest BCUT2D eigenvalue weighted by molar-refractivity contribution is 0.0706. The number of hydrogen-bond donors (Lipinski definition) is 1. The summed E-state index contributed by atoms with van der Waals surface area (Å²) in [6.45, 7) is 1.55. The average molecular weight is 299 g/mol. The quantitative estimate of drug-likeness (QED) is 0.940. The number of pyridine rings is 1. The monoisotopic (exact) mass is 299 g/mol. The van der Waals surface area contributed by atoms with E-state index in [1.165, 1.54) is 0 Å². The number of carbonyl (C=O) groups is 1. The number of H-pyrrole nitrogens is 1. The van der Waals surface area contributed by atoms with Crippen LogP contribution in [0.15, 0.2) is 30.6 Å². The highest BCUT2D eigenvalue weighted by Crippen LogP contribution is 2.26. The van der Waals surface area contributed by atoms with Gasteiger partial charge in [-0.15, -0.1) is 0 Å². The number of likely N-dealkylation sites (tertiary alicyclic amines) is 1. The summed E-state index contributed by atoms with van der Waals surface area (Å²) in [6.07, 6.45) is 5.56. The van der Waals surface area contributed by atoms with E-state index in [0.717, 1.165) is 37.4 Å². The van der Waals surface area contributed by atoms with Crippen molar-refractivity contribution in [1.29, 1.82) is 0 Å². The van der Waals surface area contributed by atoms with E-state index in [1.54, 1.807) is 18.5 Å². The number of carbonyl (C=O) groups excluding carboxylic acids is 1. The van der Waals surface area contributed by atoms with Gasteiger partial charge < -0.3 is 9.80 Å². The topological polar surface area (TPSA) is 65.1 Å². The average Bonchev–Trinajstić information content (AvgIpc) is 3.09. The van der Waals surface area contributed by atoms with Crippen LogP contribution in [0.5, 0.6) is 0 Å². The molecule has 0 bridgehead atoms. The van der Waals surface area contributed by atoms with Crippen molar-refractivity contribution in [2.75, 3.05) is 32.1 Å². The predicted molar refractivity (Wildman–Crippen MR) is 85.0 cm³/mol. The standard InChI is InChI=1S/C16H21N5O/c1-20(2)15-10-12(5-7-17-15)16(22)21-9-3-4-13(11-21)14-6-8-18-19-14/h5-8,10,13H,3-4,9,11H2,1-2H3,(H,18,19)/t13-/m1/s1. The van der Waals surface area contributed by atoms with Gasteiger partial charge in [0.25, 0.3) is 5.91 Å². The Kier molecular flexibility index (Phi) is 4.09. The molecular weight excluding hydrogens is 278 g/mol. The second kappa shape index (κ2) is 6.17. The summed E-state index contributed by atoms with van der Waals surface area (Å²) in [4.78, 5) is 20.8. The minimum atomic E-state index is 0.0784. The number of amides is 1. The van der Waals surface area contributed by atoms with E-state index < -0.39 is 0 Å². The molecule has 1 saturated heterocycles. The van der Waals surface area contributed by atoms with Gasteiger partial charge in [-0.3, -0.25) is 9.89 Å². The maximum Gasteiger partial charge on any atom is 0.254 e. The Morgan fingerprint density at radius 3 is 2.95 bits per heavy atom. The van der Waals surface area contributed by atoms with Crippen molar-refractivity contribution >= 4 is 11.7 Å². The highest BCUT2D eigenvalue weighted by molar-refractivity contribution is 5.95. The summed E-state index contributed by atoms with van der Waals surface area (Å²) in [5.41, 5.74) is 1.81. The van der Waals surface area contributed by atoms with Crippen LogP contribution in [0.3, 0.4) is 0 Å². The molecule has 0 saturated carbocycles. The van der Waals surface area contributed by atoms with Crippen LogP contribution < -0.4 is 4.90 Å². The Bertz CT molecular complexity index is 638. The lowest BCUT2D eigenvalue weighted by atomic mass is 9.94. The van der Waals surface area contributed by atoms with Crippen LogP contribution in [0.2, 0.25) is 0 Å². The van der Waals surface area contributed by atoms with Gasteiger partial charge in [0.2, 0.25) is 0 Å². The molecule has 2 aromatic rings. The number of nitrogens with zero attached hydrogens (tertiary/aromatic N) is 4. The van der Waals surface area contributed by atoms with Crippen LogP contribution >= 0.6 is 0 Å². The molecule has 3 rings (SSSR count). The van der Waals surface area contributed by atoms with Crippen molar-refractivity contribution in [2.24, 2.45) is 0 Å². The molecule has 22 heavy (non-hydrogen) atoms. The summed E-state index contributed by atoms with van der Waals surface area (Å²) in [6, 6.07) is 5.63. The fourth-order valence-corrected chi connectivity index (χ4v) is 2.89. The predicted octanol–water partition coefficient (Wildman–Crippen LogP) is 1.89. The molecule has 3 heterocycles. The van der Waals surface area contributed by atoms with E-state index in [-0.39, 0.29) is 5.91 Å². The smallest absolute Gasteiger partial charge is 0.254 e. The Balaban J connectivity index is 1.75. The molecule has 1 N–H and O–H groups in total. The number of rotatable bonds is 3. The lowest BCUT2D eigenvalue weighted by Crippen LogP contribution is -2.39. The number of aromatic amines is 1. The Labute approximate surface area is 130 Å². The van der Waals surface area contributed by atoms with Gasteiger partial charge in [0, 0.05) is 56.8 Å². The third-order valence-corrected chi connectivity index (χ3v) is 4.12. The molecule has 6 nitrogen and oxygen atoms in total.